The van der Waals surface area contributed by atoms with E-state index in [0.717, 1.165) is 27.0 Å². The first kappa shape index (κ1) is 19.1. The number of aromatic nitrogens is 2. The quantitative estimate of drug-likeness (QED) is 0.429. The van der Waals surface area contributed by atoms with Crippen LogP contribution in [0.4, 0.5) is 0 Å². The molecule has 7 heteroatoms. The maximum Gasteiger partial charge on any atom is 0.347 e. The van der Waals surface area contributed by atoms with Gasteiger partial charge in [0.05, 0.1) is 18.0 Å². The highest BCUT2D eigenvalue weighted by atomic mass is 79.9. The Bertz CT molecular complexity index is 1060. The number of hydrogen-bond donors (Lipinski definition) is 0. The highest BCUT2D eigenvalue weighted by Crippen LogP contribution is 2.26. The van der Waals surface area contributed by atoms with Crippen molar-refractivity contribution in [1.29, 1.82) is 0 Å². The van der Waals surface area contributed by atoms with E-state index >= 15 is 0 Å². The second-order valence-corrected chi connectivity index (χ2v) is 7.35. The molecule has 1 aromatic heterocycles. The Labute approximate surface area is 175 Å². The lowest BCUT2D eigenvalue weighted by Crippen LogP contribution is -2.21. The van der Waals surface area contributed by atoms with E-state index in [1.54, 1.807) is 10.8 Å². The monoisotopic (exact) mass is 452 g/mol. The molecule has 1 saturated heterocycles. The summed E-state index contributed by atoms with van der Waals surface area (Å²) in [6.07, 6.45) is 4.35. The van der Waals surface area contributed by atoms with Crippen LogP contribution in [0.25, 0.3) is 23.0 Å². The van der Waals surface area contributed by atoms with E-state index in [1.807, 2.05) is 60.8 Å². The van der Waals surface area contributed by atoms with Crippen molar-refractivity contribution < 1.29 is 19.1 Å². The minimum atomic E-state index is -0.829. The van der Waals surface area contributed by atoms with Gasteiger partial charge in [-0.15, -0.1) is 0 Å². The highest BCUT2D eigenvalue weighted by molar-refractivity contribution is 9.10. The lowest BCUT2D eigenvalue weighted by molar-refractivity contribution is -0.156. The second-order valence-electron chi connectivity index (χ2n) is 6.44. The van der Waals surface area contributed by atoms with Crippen LogP contribution in [0.5, 0.6) is 0 Å². The SMILES string of the molecule is O=C(/C=C/c1cn(-c2ccccc2)nc1-c1ccc(Br)cc1)O[C@@H]1CCOC1=O. The molecule has 2 aromatic carbocycles. The normalized spacial score (nSPS) is 16.2. The fourth-order valence-corrected chi connectivity index (χ4v) is 3.24. The van der Waals surface area contributed by atoms with Crippen LogP contribution in [-0.4, -0.2) is 34.4 Å². The molecule has 1 fully saturated rings. The summed E-state index contributed by atoms with van der Waals surface area (Å²) in [4.78, 5) is 23.6. The fourth-order valence-electron chi connectivity index (χ4n) is 2.98. The van der Waals surface area contributed by atoms with E-state index in [1.165, 1.54) is 6.08 Å². The van der Waals surface area contributed by atoms with Gasteiger partial charge in [0.25, 0.3) is 0 Å². The van der Waals surface area contributed by atoms with Crippen molar-refractivity contribution in [2.75, 3.05) is 6.61 Å². The smallest absolute Gasteiger partial charge is 0.347 e. The number of halogens is 1. The molecular formula is C22H17BrN2O4. The average Bonchev–Trinajstić information content (AvgIpc) is 3.34. The molecular weight excluding hydrogens is 436 g/mol. The van der Waals surface area contributed by atoms with Crippen LogP contribution in [0.2, 0.25) is 0 Å². The molecule has 6 nitrogen and oxygen atoms in total. The number of benzene rings is 2. The molecule has 146 valence electrons. The Morgan fingerprint density at radius 3 is 2.62 bits per heavy atom. The summed E-state index contributed by atoms with van der Waals surface area (Å²) in [5.41, 5.74) is 3.30. The molecule has 0 bridgehead atoms. The molecule has 29 heavy (non-hydrogen) atoms. The standard InChI is InChI=1S/C22H17BrN2O4/c23-17-9-6-15(7-10-17)21-16(14-25(24-21)18-4-2-1-3-5-18)8-11-20(26)29-19-12-13-28-22(19)27/h1-11,14,19H,12-13H2/b11-8+/t19-/m1/s1. The molecule has 0 aliphatic carbocycles. The summed E-state index contributed by atoms with van der Waals surface area (Å²) in [7, 11) is 0. The molecule has 1 aliphatic rings. The maximum atomic E-state index is 12.1. The first-order valence-electron chi connectivity index (χ1n) is 9.06. The van der Waals surface area contributed by atoms with Gasteiger partial charge in [0.1, 0.15) is 0 Å². The van der Waals surface area contributed by atoms with E-state index in [2.05, 4.69) is 15.9 Å². The van der Waals surface area contributed by atoms with Gasteiger partial charge in [-0.3, -0.25) is 0 Å². The topological polar surface area (TPSA) is 70.4 Å². The molecule has 1 aliphatic heterocycles. The number of nitrogens with zero attached hydrogens (tertiary/aromatic N) is 2. The zero-order valence-electron chi connectivity index (χ0n) is 15.3. The first-order chi connectivity index (χ1) is 14.1. The van der Waals surface area contributed by atoms with Gasteiger partial charge in [-0.1, -0.05) is 46.3 Å². The van der Waals surface area contributed by atoms with Crippen molar-refractivity contribution >= 4 is 33.9 Å². The number of rotatable bonds is 5. The molecule has 0 spiro atoms. The average molecular weight is 453 g/mol. The van der Waals surface area contributed by atoms with E-state index in [9.17, 15) is 9.59 Å². The molecule has 1 atom stereocenters. The van der Waals surface area contributed by atoms with Crippen molar-refractivity contribution in [2.45, 2.75) is 12.5 Å². The van der Waals surface area contributed by atoms with Gasteiger partial charge in [0, 0.05) is 34.3 Å². The third kappa shape index (κ3) is 4.46. The lowest BCUT2D eigenvalue weighted by atomic mass is 10.1. The maximum absolute atomic E-state index is 12.1. The highest BCUT2D eigenvalue weighted by Gasteiger charge is 2.29. The van der Waals surface area contributed by atoms with Gasteiger partial charge in [-0.05, 0) is 30.3 Å². The number of carbonyl (C=O) groups is 2. The number of para-hydroxylation sites is 1. The van der Waals surface area contributed by atoms with Crippen molar-refractivity contribution in [1.82, 2.24) is 9.78 Å². The third-order valence-corrected chi connectivity index (χ3v) is 4.95. The number of cyclic esters (lactones) is 1. The molecule has 0 unspecified atom stereocenters. The number of hydrogen-bond acceptors (Lipinski definition) is 5. The Morgan fingerprint density at radius 2 is 1.93 bits per heavy atom. The summed E-state index contributed by atoms with van der Waals surface area (Å²) < 4.78 is 12.7. The van der Waals surface area contributed by atoms with Crippen LogP contribution >= 0.6 is 15.9 Å². The van der Waals surface area contributed by atoms with Crippen molar-refractivity contribution in [3.8, 4) is 16.9 Å². The number of carbonyl (C=O) groups excluding carboxylic acids is 2. The summed E-state index contributed by atoms with van der Waals surface area (Å²) >= 11 is 3.44. The van der Waals surface area contributed by atoms with E-state index in [4.69, 9.17) is 14.6 Å². The molecule has 0 N–H and O–H groups in total. The van der Waals surface area contributed by atoms with Gasteiger partial charge in [-0.25, -0.2) is 14.3 Å². The van der Waals surface area contributed by atoms with Crippen LogP contribution in [0.1, 0.15) is 12.0 Å². The van der Waals surface area contributed by atoms with Gasteiger partial charge < -0.3 is 9.47 Å². The number of ether oxygens (including phenoxy) is 2. The largest absolute Gasteiger partial charge is 0.463 e. The molecule has 4 rings (SSSR count). The van der Waals surface area contributed by atoms with E-state index in [-0.39, 0.29) is 6.61 Å². The van der Waals surface area contributed by atoms with Gasteiger partial charge >= 0.3 is 11.9 Å². The summed E-state index contributed by atoms with van der Waals surface area (Å²) in [6, 6.07) is 17.5. The van der Waals surface area contributed by atoms with Crippen molar-refractivity contribution in [3.05, 3.63) is 76.9 Å². The number of esters is 2. The van der Waals surface area contributed by atoms with Gasteiger partial charge in [-0.2, -0.15) is 5.10 Å². The zero-order valence-corrected chi connectivity index (χ0v) is 16.9. The molecule has 0 amide bonds. The predicted octanol–water partition coefficient (Wildman–Crippen LogP) is 4.17. The lowest BCUT2D eigenvalue weighted by Gasteiger charge is -2.05. The van der Waals surface area contributed by atoms with Crippen LogP contribution in [-0.2, 0) is 19.1 Å². The van der Waals surface area contributed by atoms with Crippen LogP contribution in [0.15, 0.2) is 71.3 Å². The van der Waals surface area contributed by atoms with Gasteiger partial charge in [0.2, 0.25) is 6.10 Å². The van der Waals surface area contributed by atoms with Crippen molar-refractivity contribution in [2.24, 2.45) is 0 Å². The Hall–Kier alpha value is -3.19. The molecule has 0 saturated carbocycles. The van der Waals surface area contributed by atoms with Crippen LogP contribution in [0.3, 0.4) is 0 Å². The minimum Gasteiger partial charge on any atom is -0.463 e. The summed E-state index contributed by atoms with van der Waals surface area (Å²) in [6.45, 7) is 0.276. The second kappa shape index (κ2) is 8.45. The zero-order chi connectivity index (χ0) is 20.2. The summed E-state index contributed by atoms with van der Waals surface area (Å²) in [5, 5.41) is 4.70. The summed E-state index contributed by atoms with van der Waals surface area (Å²) in [5.74, 6) is -1.10. The Balaban J connectivity index is 1.63. The van der Waals surface area contributed by atoms with Gasteiger partial charge in [0.15, 0.2) is 0 Å². The van der Waals surface area contributed by atoms with E-state index < -0.39 is 18.0 Å². The van der Waals surface area contributed by atoms with E-state index in [0.29, 0.717) is 6.42 Å². The Morgan fingerprint density at radius 1 is 1.17 bits per heavy atom. The van der Waals surface area contributed by atoms with Crippen molar-refractivity contribution in [3.63, 3.8) is 0 Å². The first-order valence-corrected chi connectivity index (χ1v) is 9.86. The Kier molecular flexibility index (Phi) is 5.57. The molecule has 3 aromatic rings. The van der Waals surface area contributed by atoms with Crippen LogP contribution in [0, 0.1) is 0 Å². The fraction of sp³-hybridized carbons (Fsp3) is 0.136. The van der Waals surface area contributed by atoms with Crippen LogP contribution < -0.4 is 0 Å². The molecule has 0 radical (unpaired) electrons. The predicted molar refractivity (Wildman–Crippen MR) is 111 cm³/mol. The third-order valence-electron chi connectivity index (χ3n) is 4.43. The minimum absolute atomic E-state index is 0.276. The molecule has 2 heterocycles.